The lowest BCUT2D eigenvalue weighted by Gasteiger charge is -2.24. The molecular weight excluding hydrogens is 601 g/mol. The highest BCUT2D eigenvalue weighted by molar-refractivity contribution is 5.76. The zero-order valence-corrected chi connectivity index (χ0v) is 27.2. The Balaban J connectivity index is 1.06. The molecule has 5 nitrogen and oxygen atoms in total. The molecule has 0 bridgehead atoms. The van der Waals surface area contributed by atoms with E-state index in [-0.39, 0.29) is 0 Å². The van der Waals surface area contributed by atoms with Gasteiger partial charge >= 0.3 is 0 Å². The van der Waals surface area contributed by atoms with E-state index >= 15 is 0 Å². The Morgan fingerprint density at radius 1 is 0.510 bits per heavy atom. The number of fused-ring (bicyclic) bond motifs is 2. The second kappa shape index (κ2) is 12.6. The molecule has 0 unspecified atom stereocenters. The average Bonchev–Trinajstić information content (AvgIpc) is 3.76. The van der Waals surface area contributed by atoms with Crippen LogP contribution in [0.3, 0.4) is 0 Å². The molecule has 5 heteroatoms. The number of hydrogen-bond donors (Lipinski definition) is 0. The molecule has 0 atom stereocenters. The zero-order valence-electron chi connectivity index (χ0n) is 27.2. The number of benzene rings is 6. The molecule has 9 rings (SSSR count). The fourth-order valence-electron chi connectivity index (χ4n) is 7.41. The Morgan fingerprint density at radius 3 is 1.73 bits per heavy atom. The number of imidazole rings is 2. The van der Waals surface area contributed by atoms with E-state index in [0.717, 1.165) is 50.6 Å². The van der Waals surface area contributed by atoms with Crippen LogP contribution in [0.4, 0.5) is 0 Å². The highest BCUT2D eigenvalue weighted by atomic mass is 16.5. The van der Waals surface area contributed by atoms with E-state index in [1.807, 2.05) is 30.3 Å². The van der Waals surface area contributed by atoms with Gasteiger partial charge in [-0.25, -0.2) is 0 Å². The van der Waals surface area contributed by atoms with Crippen LogP contribution in [0.2, 0.25) is 0 Å². The van der Waals surface area contributed by atoms with Gasteiger partial charge in [-0.2, -0.15) is 0 Å². The molecule has 6 aromatic carbocycles. The molecule has 0 spiro atoms. The van der Waals surface area contributed by atoms with Crippen LogP contribution in [0, 0.1) is 12.7 Å². The molecule has 0 aliphatic heterocycles. The second-order valence-corrected chi connectivity index (χ2v) is 12.8. The molecule has 1 fully saturated rings. The quantitative estimate of drug-likeness (QED) is 0.126. The van der Waals surface area contributed by atoms with Gasteiger partial charge in [0.2, 0.25) is 0 Å². The molecule has 0 N–H and O–H groups in total. The Labute approximate surface area is 286 Å². The average molecular weight is 637 g/mol. The molecule has 49 heavy (non-hydrogen) atoms. The number of ether oxygens (including phenoxy) is 1. The second-order valence-electron chi connectivity index (χ2n) is 12.8. The van der Waals surface area contributed by atoms with E-state index < -0.39 is 0 Å². The minimum absolute atomic E-state index is 0.589. The van der Waals surface area contributed by atoms with Gasteiger partial charge in [-0.1, -0.05) is 116 Å². The van der Waals surface area contributed by atoms with Gasteiger partial charge in [0.25, 0.3) is 12.7 Å². The molecule has 0 saturated heterocycles. The van der Waals surface area contributed by atoms with Crippen LogP contribution in [-0.2, 0) is 0 Å². The maximum atomic E-state index is 6.54. The van der Waals surface area contributed by atoms with Crippen molar-refractivity contribution in [3.8, 4) is 34.2 Å². The third-order valence-electron chi connectivity index (χ3n) is 9.75. The molecule has 2 aromatic heterocycles. The summed E-state index contributed by atoms with van der Waals surface area (Å²) in [7, 11) is 0. The van der Waals surface area contributed by atoms with Gasteiger partial charge in [0.1, 0.15) is 11.5 Å². The summed E-state index contributed by atoms with van der Waals surface area (Å²) in [4.78, 5) is 0. The minimum atomic E-state index is 0.589. The Hall–Kier alpha value is -5.94. The molecule has 0 radical (unpaired) electrons. The van der Waals surface area contributed by atoms with Crippen LogP contribution in [0.25, 0.3) is 44.8 Å². The highest BCUT2D eigenvalue weighted by Crippen LogP contribution is 2.35. The molecule has 0 amide bonds. The van der Waals surface area contributed by atoms with Crippen LogP contribution in [0.15, 0.2) is 152 Å². The van der Waals surface area contributed by atoms with E-state index in [2.05, 4.69) is 152 Å². The first-order valence-electron chi connectivity index (χ1n) is 17.2. The highest BCUT2D eigenvalue weighted by Gasteiger charge is 2.21. The van der Waals surface area contributed by atoms with Gasteiger partial charge in [-0.05, 0) is 78.9 Å². The van der Waals surface area contributed by atoms with E-state index in [1.165, 1.54) is 43.4 Å². The van der Waals surface area contributed by atoms with Gasteiger partial charge in [0, 0.05) is 0 Å². The molecular formula is C44H36N4O. The first kappa shape index (κ1) is 29.2. The number of rotatable bonds is 7. The van der Waals surface area contributed by atoms with Crippen molar-refractivity contribution >= 4 is 22.1 Å². The predicted octanol–water partition coefficient (Wildman–Crippen LogP) is 9.57. The Bertz CT molecular complexity index is 2420. The lowest BCUT2D eigenvalue weighted by molar-refractivity contribution is -0.573. The van der Waals surface area contributed by atoms with E-state index in [0.29, 0.717) is 5.92 Å². The molecule has 1 aliphatic carbocycles. The van der Waals surface area contributed by atoms with Crippen molar-refractivity contribution < 1.29 is 13.9 Å². The SMILES string of the molecule is [c-]1n(-c2cccc(Oc3cccc(-n4[c-][n+](-c5ccccc5C5CCCCC5)c5ccccc54)c3)c2)c2ccccc2[n+]1-c1ccccc1. The monoisotopic (exact) mass is 636 g/mol. The predicted molar refractivity (Wildman–Crippen MR) is 193 cm³/mol. The lowest BCUT2D eigenvalue weighted by Crippen LogP contribution is -2.32. The third kappa shape index (κ3) is 5.47. The summed E-state index contributed by atoms with van der Waals surface area (Å²) in [5.41, 5.74) is 10.1. The molecule has 1 aliphatic rings. The molecule has 2 heterocycles. The van der Waals surface area contributed by atoms with Crippen LogP contribution in [-0.4, -0.2) is 9.13 Å². The Kier molecular flexibility index (Phi) is 7.50. The van der Waals surface area contributed by atoms with Gasteiger partial charge in [-0.15, -0.1) is 0 Å². The van der Waals surface area contributed by atoms with E-state index in [1.54, 1.807) is 0 Å². The van der Waals surface area contributed by atoms with Crippen molar-refractivity contribution in [2.24, 2.45) is 0 Å². The molecule has 8 aromatic rings. The number of para-hydroxylation sites is 6. The summed E-state index contributed by atoms with van der Waals surface area (Å²) in [6.45, 7) is 0. The standard InChI is InChI=1S/C44H36N4O/c1-3-15-33(16-4-1)39-23-7-8-24-40(39)48-32-47(43-27-11-12-28-44(43)48)36-20-14-22-38(30-36)49-37-21-13-19-35(29-37)46-31-45(34-17-5-2-6-18-34)41-25-9-10-26-42(41)46/h2,5-14,17-30,33H,1,3-4,15-16H2. The van der Waals surface area contributed by atoms with Crippen molar-refractivity contribution in [2.75, 3.05) is 0 Å². The van der Waals surface area contributed by atoms with Crippen LogP contribution >= 0.6 is 0 Å². The van der Waals surface area contributed by atoms with Gasteiger partial charge in [-0.3, -0.25) is 18.3 Å². The van der Waals surface area contributed by atoms with Gasteiger partial charge in [0.05, 0.1) is 44.8 Å². The Morgan fingerprint density at radius 2 is 1.06 bits per heavy atom. The van der Waals surface area contributed by atoms with E-state index in [9.17, 15) is 0 Å². The van der Waals surface area contributed by atoms with Crippen molar-refractivity contribution in [1.82, 2.24) is 9.13 Å². The van der Waals surface area contributed by atoms with Crippen molar-refractivity contribution in [2.45, 2.75) is 38.0 Å². The van der Waals surface area contributed by atoms with Gasteiger partial charge < -0.3 is 4.74 Å². The molecule has 1 saturated carbocycles. The summed E-state index contributed by atoms with van der Waals surface area (Å²) in [6.07, 6.45) is 13.8. The first-order valence-corrected chi connectivity index (χ1v) is 17.2. The first-order chi connectivity index (χ1) is 24.3. The summed E-state index contributed by atoms with van der Waals surface area (Å²) >= 11 is 0. The minimum Gasteiger partial charge on any atom is -0.458 e. The maximum absolute atomic E-state index is 6.54. The fourth-order valence-corrected chi connectivity index (χ4v) is 7.41. The normalized spacial score (nSPS) is 13.6. The van der Waals surface area contributed by atoms with Crippen molar-refractivity contribution in [3.63, 3.8) is 0 Å². The van der Waals surface area contributed by atoms with Crippen molar-refractivity contribution in [3.05, 3.63) is 170 Å². The topological polar surface area (TPSA) is 26.8 Å². The zero-order chi connectivity index (χ0) is 32.6. The molecule has 238 valence electrons. The van der Waals surface area contributed by atoms with Crippen molar-refractivity contribution in [1.29, 1.82) is 0 Å². The van der Waals surface area contributed by atoms with Crippen LogP contribution in [0.5, 0.6) is 11.5 Å². The van der Waals surface area contributed by atoms with Gasteiger partial charge in [0.15, 0.2) is 0 Å². The largest absolute Gasteiger partial charge is 0.458 e. The summed E-state index contributed by atoms with van der Waals surface area (Å²) in [6, 6.07) is 52.6. The third-order valence-corrected chi connectivity index (χ3v) is 9.75. The fraction of sp³-hybridized carbons (Fsp3) is 0.136. The lowest BCUT2D eigenvalue weighted by atomic mass is 9.83. The number of aromatic nitrogens is 4. The smallest absolute Gasteiger partial charge is 0.269 e. The van der Waals surface area contributed by atoms with Crippen LogP contribution < -0.4 is 13.9 Å². The number of nitrogens with zero attached hydrogens (tertiary/aromatic N) is 4. The summed E-state index contributed by atoms with van der Waals surface area (Å²) in [5.74, 6) is 2.10. The summed E-state index contributed by atoms with van der Waals surface area (Å²) < 4.78 is 15.1. The number of hydrogen-bond acceptors (Lipinski definition) is 1. The van der Waals surface area contributed by atoms with Crippen LogP contribution in [0.1, 0.15) is 43.6 Å². The summed E-state index contributed by atoms with van der Waals surface area (Å²) in [5, 5.41) is 0. The maximum Gasteiger partial charge on any atom is 0.269 e. The van der Waals surface area contributed by atoms with E-state index in [4.69, 9.17) is 4.74 Å².